The molecule has 0 unspecified atom stereocenters. The van der Waals surface area contributed by atoms with Gasteiger partial charge in [-0.2, -0.15) is 4.98 Å². The number of nitrogens with zero attached hydrogens (tertiary/aromatic N) is 3. The highest BCUT2D eigenvalue weighted by Gasteiger charge is 2.21. The fraction of sp³-hybridized carbons (Fsp3) is 0.462. The van der Waals surface area contributed by atoms with Gasteiger partial charge in [0.2, 0.25) is 0 Å². The smallest absolute Gasteiger partial charge is 0.276 e. The van der Waals surface area contributed by atoms with Gasteiger partial charge in [-0.1, -0.05) is 11.2 Å². The molecule has 1 fully saturated rings. The van der Waals surface area contributed by atoms with E-state index in [-0.39, 0.29) is 0 Å². The molecule has 0 N–H and O–H groups in total. The maximum atomic E-state index is 5.33. The van der Waals surface area contributed by atoms with Crippen LogP contribution in [0.5, 0.6) is 0 Å². The Morgan fingerprint density at radius 1 is 1.22 bits per heavy atom. The SMILES string of the molecule is Cc1ccc(-c2nc(C3CCOCC3)no2)nc1. The van der Waals surface area contributed by atoms with E-state index in [1.165, 1.54) is 0 Å². The Balaban J connectivity index is 1.82. The lowest BCUT2D eigenvalue weighted by Crippen LogP contribution is -2.15. The van der Waals surface area contributed by atoms with Gasteiger partial charge in [0.25, 0.3) is 5.89 Å². The molecule has 1 saturated heterocycles. The van der Waals surface area contributed by atoms with Crippen LogP contribution >= 0.6 is 0 Å². The average molecular weight is 245 g/mol. The van der Waals surface area contributed by atoms with Crippen molar-refractivity contribution in [2.45, 2.75) is 25.7 Å². The molecule has 0 spiro atoms. The summed E-state index contributed by atoms with van der Waals surface area (Å²) in [7, 11) is 0. The molecular weight excluding hydrogens is 230 g/mol. The van der Waals surface area contributed by atoms with Crippen molar-refractivity contribution >= 4 is 0 Å². The zero-order valence-corrected chi connectivity index (χ0v) is 10.3. The summed E-state index contributed by atoms with van der Waals surface area (Å²) < 4.78 is 10.6. The normalized spacial score (nSPS) is 16.9. The summed E-state index contributed by atoms with van der Waals surface area (Å²) in [6.07, 6.45) is 3.72. The molecule has 1 aliphatic heterocycles. The van der Waals surface area contributed by atoms with Crippen LogP contribution in [0.1, 0.15) is 30.1 Å². The summed E-state index contributed by atoms with van der Waals surface area (Å²) in [5, 5.41) is 4.06. The van der Waals surface area contributed by atoms with Gasteiger partial charge < -0.3 is 9.26 Å². The first kappa shape index (κ1) is 11.3. The number of rotatable bonds is 2. The first-order chi connectivity index (χ1) is 8.83. The van der Waals surface area contributed by atoms with Crippen molar-refractivity contribution in [2.24, 2.45) is 0 Å². The maximum Gasteiger partial charge on any atom is 0.276 e. The van der Waals surface area contributed by atoms with Gasteiger partial charge in [0, 0.05) is 25.3 Å². The van der Waals surface area contributed by atoms with Gasteiger partial charge in [-0.3, -0.25) is 4.98 Å². The molecule has 2 aromatic heterocycles. The van der Waals surface area contributed by atoms with Gasteiger partial charge >= 0.3 is 0 Å². The van der Waals surface area contributed by atoms with E-state index in [9.17, 15) is 0 Å². The van der Waals surface area contributed by atoms with Crippen LogP contribution in [0.4, 0.5) is 0 Å². The predicted molar refractivity (Wildman–Crippen MR) is 65.1 cm³/mol. The minimum absolute atomic E-state index is 0.349. The van der Waals surface area contributed by atoms with Crippen LogP contribution in [0.2, 0.25) is 0 Å². The maximum absolute atomic E-state index is 5.33. The molecule has 0 saturated carbocycles. The third-order valence-electron chi connectivity index (χ3n) is 3.16. The largest absolute Gasteiger partial charge is 0.381 e. The molecular formula is C13H15N3O2. The zero-order chi connectivity index (χ0) is 12.4. The van der Waals surface area contributed by atoms with Crippen molar-refractivity contribution in [1.82, 2.24) is 15.1 Å². The van der Waals surface area contributed by atoms with Gasteiger partial charge in [0.15, 0.2) is 5.82 Å². The molecule has 3 heterocycles. The lowest BCUT2D eigenvalue weighted by Gasteiger charge is -2.18. The highest BCUT2D eigenvalue weighted by atomic mass is 16.5. The quantitative estimate of drug-likeness (QED) is 0.812. The number of hydrogen-bond donors (Lipinski definition) is 0. The Labute approximate surface area is 105 Å². The summed E-state index contributed by atoms with van der Waals surface area (Å²) in [5.74, 6) is 1.62. The molecule has 3 rings (SSSR count). The Morgan fingerprint density at radius 2 is 2.06 bits per heavy atom. The van der Waals surface area contributed by atoms with E-state index in [2.05, 4.69) is 15.1 Å². The van der Waals surface area contributed by atoms with E-state index in [1.807, 2.05) is 19.1 Å². The van der Waals surface area contributed by atoms with Gasteiger partial charge in [-0.25, -0.2) is 0 Å². The second-order valence-electron chi connectivity index (χ2n) is 4.57. The molecule has 0 radical (unpaired) electrons. The second kappa shape index (κ2) is 4.86. The summed E-state index contributed by atoms with van der Waals surface area (Å²) in [4.78, 5) is 8.72. The van der Waals surface area contributed by atoms with Crippen molar-refractivity contribution in [2.75, 3.05) is 13.2 Å². The molecule has 0 amide bonds. The molecule has 5 nitrogen and oxygen atoms in total. The van der Waals surface area contributed by atoms with Crippen LogP contribution in [0.3, 0.4) is 0 Å². The van der Waals surface area contributed by atoms with E-state index in [0.29, 0.717) is 11.8 Å². The highest BCUT2D eigenvalue weighted by Crippen LogP contribution is 2.26. The molecule has 0 bridgehead atoms. The fourth-order valence-electron chi connectivity index (χ4n) is 2.05. The van der Waals surface area contributed by atoms with Gasteiger partial charge in [-0.15, -0.1) is 0 Å². The highest BCUT2D eigenvalue weighted by molar-refractivity contribution is 5.46. The molecule has 0 aromatic carbocycles. The Bertz CT molecular complexity index is 515. The zero-order valence-electron chi connectivity index (χ0n) is 10.3. The fourth-order valence-corrected chi connectivity index (χ4v) is 2.05. The van der Waals surface area contributed by atoms with Gasteiger partial charge in [0.05, 0.1) is 0 Å². The predicted octanol–water partition coefficient (Wildman–Crippen LogP) is 2.33. The molecule has 2 aromatic rings. The van der Waals surface area contributed by atoms with Crippen LogP contribution < -0.4 is 0 Å². The summed E-state index contributed by atoms with van der Waals surface area (Å²) >= 11 is 0. The molecule has 5 heteroatoms. The summed E-state index contributed by atoms with van der Waals surface area (Å²) in [5.41, 5.74) is 1.84. The molecule has 0 aliphatic carbocycles. The summed E-state index contributed by atoms with van der Waals surface area (Å²) in [6.45, 7) is 3.55. The Kier molecular flexibility index (Phi) is 3.06. The van der Waals surface area contributed by atoms with Crippen molar-refractivity contribution in [3.8, 4) is 11.6 Å². The second-order valence-corrected chi connectivity index (χ2v) is 4.57. The van der Waals surface area contributed by atoms with E-state index >= 15 is 0 Å². The number of pyridine rings is 1. The molecule has 94 valence electrons. The minimum atomic E-state index is 0.349. The van der Waals surface area contributed by atoms with E-state index in [4.69, 9.17) is 9.26 Å². The van der Waals surface area contributed by atoms with Crippen LogP contribution in [-0.4, -0.2) is 28.3 Å². The van der Waals surface area contributed by atoms with Crippen molar-refractivity contribution in [1.29, 1.82) is 0 Å². The molecule has 18 heavy (non-hydrogen) atoms. The minimum Gasteiger partial charge on any atom is -0.381 e. The van der Waals surface area contributed by atoms with Crippen LogP contribution in [0, 0.1) is 6.92 Å². The topological polar surface area (TPSA) is 61.0 Å². The first-order valence-corrected chi connectivity index (χ1v) is 6.17. The lowest BCUT2D eigenvalue weighted by molar-refractivity contribution is 0.0830. The molecule has 1 aliphatic rings. The third-order valence-corrected chi connectivity index (χ3v) is 3.16. The van der Waals surface area contributed by atoms with Crippen LogP contribution in [0.15, 0.2) is 22.9 Å². The van der Waals surface area contributed by atoms with E-state index in [1.54, 1.807) is 6.20 Å². The first-order valence-electron chi connectivity index (χ1n) is 6.17. The summed E-state index contributed by atoms with van der Waals surface area (Å²) in [6, 6.07) is 3.89. The number of hydrogen-bond acceptors (Lipinski definition) is 5. The third kappa shape index (κ3) is 2.26. The molecule has 0 atom stereocenters. The lowest BCUT2D eigenvalue weighted by atomic mass is 10.00. The number of aryl methyl sites for hydroxylation is 1. The Hall–Kier alpha value is -1.75. The van der Waals surface area contributed by atoms with Crippen LogP contribution in [0.25, 0.3) is 11.6 Å². The van der Waals surface area contributed by atoms with E-state index < -0.39 is 0 Å². The van der Waals surface area contributed by atoms with Crippen molar-refractivity contribution in [3.63, 3.8) is 0 Å². The van der Waals surface area contributed by atoms with Gasteiger partial charge in [0.1, 0.15) is 5.69 Å². The monoisotopic (exact) mass is 245 g/mol. The number of aromatic nitrogens is 3. The standard InChI is InChI=1S/C13H15N3O2/c1-9-2-3-11(14-8-9)13-15-12(16-18-13)10-4-6-17-7-5-10/h2-3,8,10H,4-7H2,1H3. The van der Waals surface area contributed by atoms with Crippen molar-refractivity contribution < 1.29 is 9.26 Å². The Morgan fingerprint density at radius 3 is 2.78 bits per heavy atom. The van der Waals surface area contributed by atoms with E-state index in [0.717, 1.165) is 43.1 Å². The number of ether oxygens (including phenoxy) is 1. The van der Waals surface area contributed by atoms with Crippen LogP contribution in [-0.2, 0) is 4.74 Å². The van der Waals surface area contributed by atoms with Gasteiger partial charge in [-0.05, 0) is 31.4 Å². The average Bonchev–Trinajstić information content (AvgIpc) is 2.90. The van der Waals surface area contributed by atoms with Crippen molar-refractivity contribution in [3.05, 3.63) is 29.7 Å².